The van der Waals surface area contributed by atoms with Crippen molar-refractivity contribution in [1.82, 2.24) is 15.1 Å². The SMILES string of the molecule is COCCCNC(=O)CN1CCN(C(=O)c2cccc(S(=O)(=O)N(C)c3ccccc3)c2)CC1. The zero-order chi connectivity index (χ0) is 24.6. The summed E-state index contributed by atoms with van der Waals surface area (Å²) < 4.78 is 32.4. The van der Waals surface area contributed by atoms with E-state index in [0.717, 1.165) is 6.42 Å². The molecule has 2 aromatic carbocycles. The molecule has 0 atom stereocenters. The van der Waals surface area contributed by atoms with Gasteiger partial charge >= 0.3 is 0 Å². The van der Waals surface area contributed by atoms with Crippen molar-refractivity contribution in [1.29, 1.82) is 0 Å². The standard InChI is InChI=1S/C24H32N4O5S/c1-26(21-9-4-3-5-10-21)34(31,32)22-11-6-8-20(18-22)24(30)28-15-13-27(14-16-28)19-23(29)25-12-7-17-33-2/h3-6,8-11,18H,7,12-17,19H2,1-2H3,(H,25,29). The van der Waals surface area contributed by atoms with Crippen LogP contribution in [-0.4, -0.2) is 90.1 Å². The van der Waals surface area contributed by atoms with Gasteiger partial charge in [-0.25, -0.2) is 8.42 Å². The molecule has 0 saturated carbocycles. The molecule has 34 heavy (non-hydrogen) atoms. The summed E-state index contributed by atoms with van der Waals surface area (Å²) in [5.41, 5.74) is 0.866. The van der Waals surface area contributed by atoms with Gasteiger partial charge in [-0.15, -0.1) is 0 Å². The first-order valence-corrected chi connectivity index (χ1v) is 12.7. The van der Waals surface area contributed by atoms with E-state index in [0.29, 0.717) is 50.6 Å². The Morgan fingerprint density at radius 2 is 1.74 bits per heavy atom. The number of anilines is 1. The van der Waals surface area contributed by atoms with E-state index < -0.39 is 10.0 Å². The summed E-state index contributed by atoms with van der Waals surface area (Å²) in [5.74, 6) is -0.264. The van der Waals surface area contributed by atoms with Crippen molar-refractivity contribution in [2.75, 3.05) is 64.3 Å². The van der Waals surface area contributed by atoms with Crippen LogP contribution in [0.1, 0.15) is 16.8 Å². The Kier molecular flexibility index (Phi) is 9.03. The summed E-state index contributed by atoms with van der Waals surface area (Å²) in [4.78, 5) is 28.9. The molecule has 0 radical (unpaired) electrons. The second kappa shape index (κ2) is 12.0. The number of amides is 2. The van der Waals surface area contributed by atoms with Crippen molar-refractivity contribution >= 4 is 27.5 Å². The van der Waals surface area contributed by atoms with Crippen LogP contribution >= 0.6 is 0 Å². The number of ether oxygens (including phenoxy) is 1. The van der Waals surface area contributed by atoms with E-state index in [1.54, 1.807) is 48.4 Å². The van der Waals surface area contributed by atoms with Gasteiger partial charge in [0.15, 0.2) is 0 Å². The highest BCUT2D eigenvalue weighted by molar-refractivity contribution is 7.92. The van der Waals surface area contributed by atoms with Crippen LogP contribution in [0.2, 0.25) is 0 Å². The molecule has 0 aromatic heterocycles. The number of carbonyl (C=O) groups excluding carboxylic acids is 2. The number of methoxy groups -OCH3 is 1. The van der Waals surface area contributed by atoms with E-state index in [-0.39, 0.29) is 23.3 Å². The van der Waals surface area contributed by atoms with Crippen LogP contribution in [0, 0.1) is 0 Å². The van der Waals surface area contributed by atoms with Crippen LogP contribution in [0.4, 0.5) is 5.69 Å². The Bertz CT molecular complexity index is 1070. The zero-order valence-corrected chi connectivity index (χ0v) is 20.5. The lowest BCUT2D eigenvalue weighted by atomic mass is 10.2. The van der Waals surface area contributed by atoms with Crippen molar-refractivity contribution in [3.05, 3.63) is 60.2 Å². The zero-order valence-electron chi connectivity index (χ0n) is 19.6. The molecule has 10 heteroatoms. The molecule has 1 aliphatic rings. The number of carbonyl (C=O) groups is 2. The number of nitrogens with one attached hydrogen (secondary N) is 1. The van der Waals surface area contributed by atoms with E-state index >= 15 is 0 Å². The summed E-state index contributed by atoms with van der Waals surface area (Å²) in [6.07, 6.45) is 0.764. The number of piperazine rings is 1. The van der Waals surface area contributed by atoms with Gasteiger partial charge in [0.1, 0.15) is 0 Å². The highest BCUT2D eigenvalue weighted by Gasteiger charge is 2.26. The van der Waals surface area contributed by atoms with Crippen molar-refractivity contribution in [2.24, 2.45) is 0 Å². The number of hydrogen-bond donors (Lipinski definition) is 1. The molecule has 1 N–H and O–H groups in total. The Labute approximate surface area is 201 Å². The van der Waals surface area contributed by atoms with Gasteiger partial charge < -0.3 is 15.0 Å². The predicted molar refractivity (Wildman–Crippen MR) is 130 cm³/mol. The van der Waals surface area contributed by atoms with E-state index in [2.05, 4.69) is 5.32 Å². The lowest BCUT2D eigenvalue weighted by molar-refractivity contribution is -0.122. The quantitative estimate of drug-likeness (QED) is 0.508. The van der Waals surface area contributed by atoms with Crippen LogP contribution < -0.4 is 9.62 Å². The fourth-order valence-corrected chi connectivity index (χ4v) is 4.96. The van der Waals surface area contributed by atoms with Crippen LogP contribution in [-0.2, 0) is 19.6 Å². The molecule has 1 saturated heterocycles. The molecule has 2 amide bonds. The van der Waals surface area contributed by atoms with Gasteiger partial charge in [0.25, 0.3) is 15.9 Å². The molecule has 9 nitrogen and oxygen atoms in total. The second-order valence-corrected chi connectivity index (χ2v) is 10.1. The highest BCUT2D eigenvalue weighted by atomic mass is 32.2. The van der Waals surface area contributed by atoms with Crippen LogP contribution in [0.5, 0.6) is 0 Å². The fraction of sp³-hybridized carbons (Fsp3) is 0.417. The minimum atomic E-state index is -3.81. The number of para-hydroxylation sites is 1. The molecular formula is C24H32N4O5S. The van der Waals surface area contributed by atoms with E-state index in [4.69, 9.17) is 4.74 Å². The van der Waals surface area contributed by atoms with Crippen molar-refractivity contribution in [3.8, 4) is 0 Å². The first-order valence-electron chi connectivity index (χ1n) is 11.2. The van der Waals surface area contributed by atoms with Crippen LogP contribution in [0.25, 0.3) is 0 Å². The fourth-order valence-electron chi connectivity index (χ4n) is 3.72. The van der Waals surface area contributed by atoms with Gasteiger partial charge in [0.2, 0.25) is 5.91 Å². The molecule has 1 heterocycles. The summed E-state index contributed by atoms with van der Waals surface area (Å²) in [6, 6.07) is 14.9. The van der Waals surface area contributed by atoms with Crippen molar-refractivity contribution in [3.63, 3.8) is 0 Å². The summed E-state index contributed by atoms with van der Waals surface area (Å²) in [5, 5.41) is 2.86. The van der Waals surface area contributed by atoms with Gasteiger partial charge in [-0.2, -0.15) is 0 Å². The molecule has 1 fully saturated rings. The Morgan fingerprint density at radius 3 is 2.41 bits per heavy atom. The monoisotopic (exact) mass is 488 g/mol. The second-order valence-electron chi connectivity index (χ2n) is 8.10. The molecule has 0 aliphatic carbocycles. The predicted octanol–water partition coefficient (Wildman–Crippen LogP) is 1.42. The van der Waals surface area contributed by atoms with E-state index in [1.165, 1.54) is 23.5 Å². The summed E-state index contributed by atoms with van der Waals surface area (Å²) >= 11 is 0. The minimum Gasteiger partial charge on any atom is -0.385 e. The van der Waals surface area contributed by atoms with Gasteiger partial charge in [-0.3, -0.25) is 18.8 Å². The van der Waals surface area contributed by atoms with Crippen molar-refractivity contribution in [2.45, 2.75) is 11.3 Å². The average Bonchev–Trinajstić information content (AvgIpc) is 2.87. The molecule has 0 bridgehead atoms. The number of rotatable bonds is 10. The maximum absolute atomic E-state index is 13.1. The first kappa shape index (κ1) is 25.7. The number of benzene rings is 2. The summed E-state index contributed by atoms with van der Waals surface area (Å²) in [7, 11) is -0.692. The molecule has 1 aliphatic heterocycles. The lowest BCUT2D eigenvalue weighted by Gasteiger charge is -2.34. The molecular weight excluding hydrogens is 456 g/mol. The Morgan fingerprint density at radius 1 is 1.03 bits per heavy atom. The number of hydrogen-bond acceptors (Lipinski definition) is 6. The summed E-state index contributed by atoms with van der Waals surface area (Å²) in [6.45, 7) is 3.55. The maximum Gasteiger partial charge on any atom is 0.264 e. The molecule has 3 rings (SSSR count). The molecule has 2 aromatic rings. The average molecular weight is 489 g/mol. The third-order valence-corrected chi connectivity index (χ3v) is 7.51. The third-order valence-electron chi connectivity index (χ3n) is 5.73. The van der Waals surface area contributed by atoms with Crippen LogP contribution in [0.3, 0.4) is 0 Å². The number of nitrogens with zero attached hydrogens (tertiary/aromatic N) is 3. The Hall–Kier alpha value is -2.95. The molecule has 0 unspecified atom stereocenters. The topological polar surface area (TPSA) is 99.3 Å². The normalized spacial score (nSPS) is 14.6. The lowest BCUT2D eigenvalue weighted by Crippen LogP contribution is -2.51. The van der Waals surface area contributed by atoms with Gasteiger partial charge in [0, 0.05) is 59.1 Å². The first-order chi connectivity index (χ1) is 16.3. The largest absolute Gasteiger partial charge is 0.385 e. The van der Waals surface area contributed by atoms with Gasteiger partial charge in [-0.05, 0) is 36.8 Å². The van der Waals surface area contributed by atoms with Gasteiger partial charge in [-0.1, -0.05) is 24.3 Å². The number of sulfonamides is 1. The van der Waals surface area contributed by atoms with Crippen LogP contribution in [0.15, 0.2) is 59.5 Å². The highest BCUT2D eigenvalue weighted by Crippen LogP contribution is 2.23. The minimum absolute atomic E-state index is 0.0451. The van der Waals surface area contributed by atoms with E-state index in [1.807, 2.05) is 11.0 Å². The Balaban J connectivity index is 1.58. The smallest absolute Gasteiger partial charge is 0.264 e. The third kappa shape index (κ3) is 6.55. The van der Waals surface area contributed by atoms with E-state index in [9.17, 15) is 18.0 Å². The molecule has 0 spiro atoms. The maximum atomic E-state index is 13.1. The van der Waals surface area contributed by atoms with Gasteiger partial charge in [0.05, 0.1) is 17.1 Å². The molecule has 184 valence electrons. The van der Waals surface area contributed by atoms with Crippen molar-refractivity contribution < 1.29 is 22.7 Å².